The van der Waals surface area contributed by atoms with Crippen molar-refractivity contribution in [1.29, 1.82) is 0 Å². The third kappa shape index (κ3) is 7.07. The van der Waals surface area contributed by atoms with E-state index in [1.54, 1.807) is 56.3 Å². The Morgan fingerprint density at radius 3 is 1.94 bits per heavy atom. The van der Waals surface area contributed by atoms with E-state index in [-0.39, 0.29) is 34.2 Å². The maximum atomic E-state index is 13.5. The maximum absolute atomic E-state index is 13.5. The largest absolute Gasteiger partial charge is 0.243 e. The predicted molar refractivity (Wildman–Crippen MR) is 143 cm³/mol. The van der Waals surface area contributed by atoms with Crippen LogP contribution in [-0.2, 0) is 19.9 Å². The normalized spacial score (nSPS) is 11.3. The highest BCUT2D eigenvalue weighted by molar-refractivity contribution is 7.95. The van der Waals surface area contributed by atoms with Crippen LogP contribution in [0.15, 0.2) is 111 Å². The molecule has 3 rings (SSSR count). The minimum Gasteiger partial charge on any atom is -0.218 e. The molecule has 0 unspecified atom stereocenters. The van der Waals surface area contributed by atoms with E-state index in [9.17, 15) is 16.8 Å². The zero-order valence-corrected chi connectivity index (χ0v) is 22.2. The van der Waals surface area contributed by atoms with Gasteiger partial charge in [0.1, 0.15) is 0 Å². The van der Waals surface area contributed by atoms with Crippen molar-refractivity contribution < 1.29 is 16.8 Å². The minimum absolute atomic E-state index is 0.0359. The van der Waals surface area contributed by atoms with Crippen LogP contribution in [0.3, 0.4) is 0 Å². The van der Waals surface area contributed by atoms with Crippen LogP contribution in [0, 0.1) is 18.8 Å². The number of nitrogens with zero attached hydrogens (tertiary/aromatic N) is 1. The Kier molecular flexibility index (Phi) is 9.08. The van der Waals surface area contributed by atoms with Crippen LogP contribution in [0.25, 0.3) is 0 Å². The van der Waals surface area contributed by atoms with Crippen molar-refractivity contribution in [3.63, 3.8) is 0 Å². The molecule has 0 saturated carbocycles. The van der Waals surface area contributed by atoms with E-state index in [1.807, 2.05) is 37.3 Å². The molecule has 186 valence electrons. The summed E-state index contributed by atoms with van der Waals surface area (Å²) in [7, 11) is -7.76. The van der Waals surface area contributed by atoms with Crippen LogP contribution in [0.4, 0.5) is 0 Å². The molecule has 0 spiro atoms. The van der Waals surface area contributed by atoms with Gasteiger partial charge in [0.05, 0.1) is 21.2 Å². The molecule has 0 atom stereocenters. The van der Waals surface area contributed by atoms with Crippen molar-refractivity contribution in [2.75, 3.05) is 13.1 Å². The first-order valence-corrected chi connectivity index (χ1v) is 14.4. The maximum Gasteiger partial charge on any atom is 0.243 e. The second-order valence-corrected chi connectivity index (χ2v) is 12.3. The van der Waals surface area contributed by atoms with E-state index in [2.05, 4.69) is 17.6 Å². The van der Waals surface area contributed by atoms with Crippen molar-refractivity contribution in [3.05, 3.63) is 112 Å². The SMILES string of the molecule is CC(C)=C=C(CCN(CC#Cc1ccccc1)S(=O)(=O)c1ccc(C)cc1)S(=O)(=O)c1ccccc1. The van der Waals surface area contributed by atoms with Gasteiger partial charge in [-0.3, -0.25) is 0 Å². The molecule has 0 bridgehead atoms. The van der Waals surface area contributed by atoms with E-state index in [1.165, 1.54) is 16.4 Å². The molecular formula is C29H29NO4S2. The molecule has 3 aromatic carbocycles. The van der Waals surface area contributed by atoms with Crippen LogP contribution >= 0.6 is 0 Å². The van der Waals surface area contributed by atoms with Crippen LogP contribution in [0.5, 0.6) is 0 Å². The lowest BCUT2D eigenvalue weighted by Crippen LogP contribution is -2.33. The highest BCUT2D eigenvalue weighted by atomic mass is 32.2. The highest BCUT2D eigenvalue weighted by Gasteiger charge is 2.27. The average Bonchev–Trinajstić information content (AvgIpc) is 2.86. The van der Waals surface area contributed by atoms with Crippen LogP contribution < -0.4 is 0 Å². The van der Waals surface area contributed by atoms with E-state index in [0.29, 0.717) is 5.57 Å². The topological polar surface area (TPSA) is 71.5 Å². The van der Waals surface area contributed by atoms with Crippen LogP contribution in [-0.4, -0.2) is 34.2 Å². The summed E-state index contributed by atoms with van der Waals surface area (Å²) in [6.07, 6.45) is -0.0412. The number of benzene rings is 3. The molecule has 0 radical (unpaired) electrons. The Labute approximate surface area is 214 Å². The van der Waals surface area contributed by atoms with Gasteiger partial charge in [0, 0.05) is 18.5 Å². The highest BCUT2D eigenvalue weighted by Crippen LogP contribution is 2.24. The van der Waals surface area contributed by atoms with Crippen molar-refractivity contribution in [1.82, 2.24) is 4.31 Å². The predicted octanol–water partition coefficient (Wildman–Crippen LogP) is 5.35. The Hall–Kier alpha value is -3.40. The quantitative estimate of drug-likeness (QED) is 0.297. The summed E-state index contributed by atoms with van der Waals surface area (Å²) in [5.74, 6) is 5.92. The summed E-state index contributed by atoms with van der Waals surface area (Å²) in [5, 5.41) is 0. The van der Waals surface area contributed by atoms with Gasteiger partial charge < -0.3 is 0 Å². The number of rotatable bonds is 8. The van der Waals surface area contributed by atoms with Crippen molar-refractivity contribution in [2.24, 2.45) is 0 Å². The first-order chi connectivity index (χ1) is 17.1. The van der Waals surface area contributed by atoms with Gasteiger partial charge in [-0.2, -0.15) is 4.31 Å². The Morgan fingerprint density at radius 2 is 1.36 bits per heavy atom. The van der Waals surface area contributed by atoms with Crippen molar-refractivity contribution in [3.8, 4) is 11.8 Å². The summed E-state index contributed by atoms with van der Waals surface area (Å²) in [6, 6.07) is 23.9. The van der Waals surface area contributed by atoms with E-state index < -0.39 is 19.9 Å². The lowest BCUT2D eigenvalue weighted by molar-refractivity contribution is 0.450. The smallest absolute Gasteiger partial charge is 0.218 e. The molecule has 0 fully saturated rings. The Morgan fingerprint density at radius 1 is 0.778 bits per heavy atom. The van der Waals surface area contributed by atoms with Gasteiger partial charge in [-0.1, -0.05) is 65.9 Å². The third-order valence-corrected chi connectivity index (χ3v) is 8.98. The van der Waals surface area contributed by atoms with Gasteiger partial charge in [0.15, 0.2) is 0 Å². The molecule has 0 N–H and O–H groups in total. The van der Waals surface area contributed by atoms with Crippen LogP contribution in [0.1, 0.15) is 31.4 Å². The van der Waals surface area contributed by atoms with E-state index in [0.717, 1.165) is 11.1 Å². The molecule has 0 aliphatic rings. The summed E-state index contributed by atoms with van der Waals surface area (Å²) in [6.45, 7) is 5.24. The molecule has 0 heterocycles. The first-order valence-electron chi connectivity index (χ1n) is 11.4. The second kappa shape index (κ2) is 12.0. The molecule has 0 saturated heterocycles. The number of aryl methyl sites for hydroxylation is 1. The van der Waals surface area contributed by atoms with E-state index in [4.69, 9.17) is 0 Å². The standard InChI is InChI=1S/C29H29NO4S2/c1-24(2)23-29(35(31,32)27-14-8-5-9-15-27)20-22-30(21-10-13-26-11-6-4-7-12-26)36(33,34)28-18-16-25(3)17-19-28/h4-9,11-12,14-19H,20-22H2,1-3H3. The molecule has 5 nitrogen and oxygen atoms in total. The molecule has 7 heteroatoms. The zero-order chi connectivity index (χ0) is 26.2. The van der Waals surface area contributed by atoms with Gasteiger partial charge in [-0.25, -0.2) is 16.8 Å². The lowest BCUT2D eigenvalue weighted by atomic mass is 10.2. The second-order valence-electron chi connectivity index (χ2n) is 8.43. The van der Waals surface area contributed by atoms with Gasteiger partial charge in [0.25, 0.3) is 0 Å². The Bertz CT molecular complexity index is 1520. The number of hydrogen-bond acceptors (Lipinski definition) is 4. The lowest BCUT2D eigenvalue weighted by Gasteiger charge is -2.20. The molecule has 3 aromatic rings. The van der Waals surface area contributed by atoms with Crippen molar-refractivity contribution in [2.45, 2.75) is 37.0 Å². The Balaban J connectivity index is 1.97. The molecular weight excluding hydrogens is 490 g/mol. The molecule has 0 aliphatic carbocycles. The summed E-state index contributed by atoms with van der Waals surface area (Å²) in [5.41, 5.74) is 5.33. The fourth-order valence-electron chi connectivity index (χ4n) is 3.41. The molecule has 36 heavy (non-hydrogen) atoms. The van der Waals surface area contributed by atoms with E-state index >= 15 is 0 Å². The van der Waals surface area contributed by atoms with Crippen LogP contribution in [0.2, 0.25) is 0 Å². The molecule has 0 aliphatic heterocycles. The number of hydrogen-bond donors (Lipinski definition) is 0. The monoisotopic (exact) mass is 519 g/mol. The minimum atomic E-state index is -3.92. The molecule has 0 amide bonds. The average molecular weight is 520 g/mol. The van der Waals surface area contributed by atoms with Crippen molar-refractivity contribution >= 4 is 19.9 Å². The molecule has 0 aromatic heterocycles. The summed E-state index contributed by atoms with van der Waals surface area (Å²) in [4.78, 5) is 0.313. The number of sulfone groups is 1. The van der Waals surface area contributed by atoms with Gasteiger partial charge in [-0.15, -0.1) is 5.73 Å². The summed E-state index contributed by atoms with van der Waals surface area (Å²) >= 11 is 0. The number of sulfonamides is 1. The summed E-state index contributed by atoms with van der Waals surface area (Å²) < 4.78 is 54.9. The fourth-order valence-corrected chi connectivity index (χ4v) is 6.25. The van der Waals surface area contributed by atoms with Gasteiger partial charge in [0.2, 0.25) is 19.9 Å². The third-order valence-electron chi connectivity index (χ3n) is 5.28. The zero-order valence-electron chi connectivity index (χ0n) is 20.6. The first kappa shape index (κ1) is 27.2. The van der Waals surface area contributed by atoms with Gasteiger partial charge in [-0.05, 0) is 62.7 Å². The van der Waals surface area contributed by atoms with Gasteiger partial charge >= 0.3 is 0 Å². The fraction of sp³-hybridized carbons (Fsp3) is 0.207.